The van der Waals surface area contributed by atoms with Crippen LogP contribution < -0.4 is 10.9 Å². The molecule has 3 aromatic rings. The van der Waals surface area contributed by atoms with Crippen LogP contribution in [0.25, 0.3) is 10.8 Å². The van der Waals surface area contributed by atoms with Crippen molar-refractivity contribution in [2.24, 2.45) is 0 Å². The van der Waals surface area contributed by atoms with E-state index in [-0.39, 0.29) is 19.6 Å². The van der Waals surface area contributed by atoms with Gasteiger partial charge in [-0.05, 0) is 25.1 Å². The highest BCUT2D eigenvalue weighted by Crippen LogP contribution is 2.20. The summed E-state index contributed by atoms with van der Waals surface area (Å²) in [6, 6.07) is 13.6. The van der Waals surface area contributed by atoms with E-state index >= 15 is 0 Å². The second-order valence-corrected chi connectivity index (χ2v) is 6.37. The van der Waals surface area contributed by atoms with Crippen LogP contribution in [-0.4, -0.2) is 28.3 Å². The van der Waals surface area contributed by atoms with Gasteiger partial charge >= 0.3 is 5.97 Å². The summed E-state index contributed by atoms with van der Waals surface area (Å²) in [5, 5.41) is 8.21. The number of carbonyl (C=O) groups is 2. The average Bonchev–Trinajstić information content (AvgIpc) is 2.67. The number of nitrogens with zero attached hydrogens (tertiary/aromatic N) is 2. The third-order valence-corrected chi connectivity index (χ3v) is 4.33. The second-order valence-electron chi connectivity index (χ2n) is 5.96. The van der Waals surface area contributed by atoms with Gasteiger partial charge in [0.05, 0.1) is 34.8 Å². The van der Waals surface area contributed by atoms with Gasteiger partial charge in [0.25, 0.3) is 5.56 Å². The fraction of sp³-hybridized carbons (Fsp3) is 0.200. The Bertz CT molecular complexity index is 1090. The van der Waals surface area contributed by atoms with Gasteiger partial charge in [-0.2, -0.15) is 5.10 Å². The number of hydrogen-bond acceptors (Lipinski definition) is 5. The topological polar surface area (TPSA) is 90.3 Å². The van der Waals surface area contributed by atoms with Crippen LogP contribution in [0.2, 0.25) is 5.02 Å². The normalized spacial score (nSPS) is 10.6. The Labute approximate surface area is 165 Å². The van der Waals surface area contributed by atoms with Crippen LogP contribution in [0.15, 0.2) is 53.3 Å². The molecule has 0 fully saturated rings. The van der Waals surface area contributed by atoms with Crippen molar-refractivity contribution in [2.75, 3.05) is 11.9 Å². The lowest BCUT2D eigenvalue weighted by Crippen LogP contribution is -2.31. The molecule has 0 atom stereocenters. The summed E-state index contributed by atoms with van der Waals surface area (Å²) < 4.78 is 6.02. The highest BCUT2D eigenvalue weighted by molar-refractivity contribution is 6.33. The van der Waals surface area contributed by atoms with Crippen LogP contribution in [0.3, 0.4) is 0 Å². The molecule has 28 heavy (non-hydrogen) atoms. The monoisotopic (exact) mass is 399 g/mol. The van der Waals surface area contributed by atoms with Gasteiger partial charge in [0.1, 0.15) is 6.54 Å². The minimum Gasteiger partial charge on any atom is -0.466 e. The third kappa shape index (κ3) is 4.37. The van der Waals surface area contributed by atoms with E-state index in [1.54, 1.807) is 55.5 Å². The van der Waals surface area contributed by atoms with Gasteiger partial charge in [0.15, 0.2) is 0 Å². The molecular weight excluding hydrogens is 382 g/mol. The van der Waals surface area contributed by atoms with Gasteiger partial charge < -0.3 is 10.1 Å². The Hall–Kier alpha value is -3.19. The maximum Gasteiger partial charge on any atom is 0.311 e. The van der Waals surface area contributed by atoms with Crippen LogP contribution in [0.5, 0.6) is 0 Å². The van der Waals surface area contributed by atoms with Gasteiger partial charge in [-0.1, -0.05) is 41.9 Å². The van der Waals surface area contributed by atoms with Crippen molar-refractivity contribution in [2.45, 2.75) is 19.9 Å². The molecule has 8 heteroatoms. The van der Waals surface area contributed by atoms with E-state index in [9.17, 15) is 14.4 Å². The number of para-hydroxylation sites is 1. The molecular formula is C20H18ClN3O4. The molecule has 0 spiro atoms. The van der Waals surface area contributed by atoms with E-state index in [0.29, 0.717) is 27.2 Å². The molecule has 0 aliphatic heterocycles. The Morgan fingerprint density at radius 2 is 1.79 bits per heavy atom. The van der Waals surface area contributed by atoms with Crippen molar-refractivity contribution >= 4 is 39.9 Å². The summed E-state index contributed by atoms with van der Waals surface area (Å²) in [7, 11) is 0. The molecule has 0 unspecified atom stereocenters. The highest BCUT2D eigenvalue weighted by Gasteiger charge is 2.16. The summed E-state index contributed by atoms with van der Waals surface area (Å²) in [5.74, 6) is -0.911. The van der Waals surface area contributed by atoms with Crippen LogP contribution in [0, 0.1) is 0 Å². The number of amides is 1. The summed E-state index contributed by atoms with van der Waals surface area (Å²) in [4.78, 5) is 37.0. The van der Waals surface area contributed by atoms with E-state index < -0.39 is 17.4 Å². The molecule has 144 valence electrons. The fourth-order valence-electron chi connectivity index (χ4n) is 2.78. The van der Waals surface area contributed by atoms with Gasteiger partial charge in [0.2, 0.25) is 5.91 Å². The predicted molar refractivity (Wildman–Crippen MR) is 106 cm³/mol. The zero-order valence-corrected chi connectivity index (χ0v) is 15.9. The average molecular weight is 400 g/mol. The number of halogens is 1. The molecule has 7 nitrogen and oxygen atoms in total. The molecule has 0 aliphatic rings. The quantitative estimate of drug-likeness (QED) is 0.644. The molecule has 0 saturated carbocycles. The number of hydrogen-bond donors (Lipinski definition) is 1. The maximum absolute atomic E-state index is 12.7. The molecule has 0 saturated heterocycles. The van der Waals surface area contributed by atoms with E-state index in [1.165, 1.54) is 0 Å². The lowest BCUT2D eigenvalue weighted by atomic mass is 10.1. The van der Waals surface area contributed by atoms with Crippen LogP contribution in [0.4, 0.5) is 5.69 Å². The zero-order chi connectivity index (χ0) is 20.1. The summed E-state index contributed by atoms with van der Waals surface area (Å²) in [5.41, 5.74) is 0.395. The first-order chi connectivity index (χ1) is 13.5. The molecule has 1 amide bonds. The molecule has 0 radical (unpaired) electrons. The summed E-state index contributed by atoms with van der Waals surface area (Å²) >= 11 is 6.04. The first-order valence-electron chi connectivity index (χ1n) is 8.68. The lowest BCUT2D eigenvalue weighted by molar-refractivity contribution is -0.142. The largest absolute Gasteiger partial charge is 0.466 e. The summed E-state index contributed by atoms with van der Waals surface area (Å²) in [6.07, 6.45) is -0.0965. The zero-order valence-electron chi connectivity index (χ0n) is 15.1. The number of benzene rings is 2. The second kappa shape index (κ2) is 8.67. The van der Waals surface area contributed by atoms with Crippen molar-refractivity contribution in [3.63, 3.8) is 0 Å². The van der Waals surface area contributed by atoms with Gasteiger partial charge in [-0.3, -0.25) is 14.4 Å². The Morgan fingerprint density at radius 1 is 1.11 bits per heavy atom. The van der Waals surface area contributed by atoms with Crippen molar-refractivity contribution in [1.82, 2.24) is 9.78 Å². The minimum atomic E-state index is -0.458. The smallest absolute Gasteiger partial charge is 0.311 e. The Morgan fingerprint density at radius 3 is 2.50 bits per heavy atom. The van der Waals surface area contributed by atoms with Gasteiger partial charge in [-0.25, -0.2) is 4.68 Å². The number of fused-ring (bicyclic) bond motifs is 1. The van der Waals surface area contributed by atoms with E-state index in [4.69, 9.17) is 16.3 Å². The van der Waals surface area contributed by atoms with Gasteiger partial charge in [0, 0.05) is 5.39 Å². The fourth-order valence-corrected chi connectivity index (χ4v) is 2.96. The molecule has 2 aromatic carbocycles. The molecule has 1 heterocycles. The number of ether oxygens (including phenoxy) is 1. The molecule has 1 N–H and O–H groups in total. The molecule has 1 aromatic heterocycles. The van der Waals surface area contributed by atoms with Crippen molar-refractivity contribution in [1.29, 1.82) is 0 Å². The molecule has 0 bridgehead atoms. The minimum absolute atomic E-state index is 0.0965. The lowest BCUT2D eigenvalue weighted by Gasteiger charge is -2.11. The number of anilines is 1. The van der Waals surface area contributed by atoms with E-state index in [0.717, 1.165) is 4.68 Å². The first-order valence-corrected chi connectivity index (χ1v) is 9.06. The first kappa shape index (κ1) is 19.6. The number of carbonyl (C=O) groups excluding carboxylic acids is 2. The highest BCUT2D eigenvalue weighted by atomic mass is 35.5. The number of nitrogens with one attached hydrogen (secondary N) is 1. The Balaban J connectivity index is 1.93. The van der Waals surface area contributed by atoms with E-state index in [2.05, 4.69) is 10.4 Å². The van der Waals surface area contributed by atoms with Crippen molar-refractivity contribution < 1.29 is 14.3 Å². The molecule has 3 rings (SSSR count). The maximum atomic E-state index is 12.7. The number of aromatic nitrogens is 2. The SMILES string of the molecule is CCOC(=O)Cc1nn(CC(=O)Nc2ccccc2Cl)c(=O)c2ccccc12. The number of rotatable bonds is 6. The van der Waals surface area contributed by atoms with Crippen LogP contribution in [-0.2, 0) is 27.3 Å². The summed E-state index contributed by atoms with van der Waals surface area (Å²) in [6.45, 7) is 1.64. The van der Waals surface area contributed by atoms with Gasteiger partial charge in [-0.15, -0.1) is 0 Å². The third-order valence-electron chi connectivity index (χ3n) is 4.00. The molecule has 0 aliphatic carbocycles. The van der Waals surface area contributed by atoms with Crippen LogP contribution in [0.1, 0.15) is 12.6 Å². The standard InChI is InChI=1S/C20H18ClN3O4/c1-2-28-19(26)11-17-13-7-3-4-8-14(13)20(27)24(23-17)12-18(25)22-16-10-6-5-9-15(16)21/h3-10H,2,11-12H2,1H3,(H,22,25). The van der Waals surface area contributed by atoms with Crippen molar-refractivity contribution in [3.8, 4) is 0 Å². The Kier molecular flexibility index (Phi) is 6.06. The van der Waals surface area contributed by atoms with Crippen molar-refractivity contribution in [3.05, 3.63) is 69.6 Å². The number of esters is 1. The predicted octanol–water partition coefficient (Wildman–Crippen LogP) is 2.79. The van der Waals surface area contributed by atoms with E-state index in [1.807, 2.05) is 0 Å². The van der Waals surface area contributed by atoms with Crippen LogP contribution >= 0.6 is 11.6 Å².